The Balaban J connectivity index is 1.25. The van der Waals surface area contributed by atoms with Crippen LogP contribution >= 0.6 is 0 Å². The van der Waals surface area contributed by atoms with E-state index in [0.717, 1.165) is 23.0 Å². The Morgan fingerprint density at radius 2 is 1.95 bits per heavy atom. The lowest BCUT2D eigenvalue weighted by Gasteiger charge is -2.42. The highest BCUT2D eigenvalue weighted by Gasteiger charge is 2.41. The molecule has 0 saturated carbocycles. The summed E-state index contributed by atoms with van der Waals surface area (Å²) in [6.45, 7) is 5.42. The van der Waals surface area contributed by atoms with Gasteiger partial charge in [0.05, 0.1) is 36.7 Å². The molecule has 42 heavy (non-hydrogen) atoms. The number of hydrogen-bond acceptors (Lipinski definition) is 8. The molecule has 0 spiro atoms. The van der Waals surface area contributed by atoms with Gasteiger partial charge in [0.1, 0.15) is 18.0 Å². The number of rotatable bonds is 9. The number of ether oxygens (including phenoxy) is 2. The van der Waals surface area contributed by atoms with Crippen molar-refractivity contribution in [1.82, 2.24) is 26.0 Å². The van der Waals surface area contributed by atoms with Gasteiger partial charge >= 0.3 is 0 Å². The summed E-state index contributed by atoms with van der Waals surface area (Å²) in [5.74, 6) is 2.40. The van der Waals surface area contributed by atoms with E-state index in [9.17, 15) is 9.59 Å². The third-order valence-electron chi connectivity index (χ3n) is 8.26. The second kappa shape index (κ2) is 12.9. The molecule has 10 nitrogen and oxygen atoms in total. The van der Waals surface area contributed by atoms with E-state index in [1.807, 2.05) is 37.4 Å². The van der Waals surface area contributed by atoms with Gasteiger partial charge in [-0.25, -0.2) is 5.48 Å². The average molecular weight is 572 g/mol. The molecule has 4 N–H and O–H groups in total. The molecule has 3 heterocycles. The number of likely N-dealkylation sites (tertiary alicyclic amines) is 1. The number of amides is 2. The lowest BCUT2D eigenvalue weighted by atomic mass is 9.83. The van der Waals surface area contributed by atoms with Crippen molar-refractivity contribution in [2.75, 3.05) is 39.4 Å². The summed E-state index contributed by atoms with van der Waals surface area (Å²) in [6.07, 6.45) is 8.31. The van der Waals surface area contributed by atoms with Crippen molar-refractivity contribution in [3.05, 3.63) is 71.9 Å². The van der Waals surface area contributed by atoms with Crippen LogP contribution in [0.4, 0.5) is 0 Å². The number of nitrogens with one attached hydrogen (secondary N) is 3. The summed E-state index contributed by atoms with van der Waals surface area (Å²) >= 11 is 0. The van der Waals surface area contributed by atoms with E-state index in [1.54, 1.807) is 29.7 Å². The van der Waals surface area contributed by atoms with Gasteiger partial charge in [0.15, 0.2) is 0 Å². The van der Waals surface area contributed by atoms with Crippen LogP contribution in [-0.4, -0.2) is 77.4 Å². The Morgan fingerprint density at radius 3 is 2.69 bits per heavy atom. The quantitative estimate of drug-likeness (QED) is 0.176. The lowest BCUT2D eigenvalue weighted by molar-refractivity contribution is -0.131. The third-order valence-corrected chi connectivity index (χ3v) is 8.26. The number of aromatic nitrogens is 1. The minimum atomic E-state index is -0.782. The van der Waals surface area contributed by atoms with Crippen LogP contribution < -0.4 is 20.9 Å². The zero-order valence-electron chi connectivity index (χ0n) is 23.8. The smallest absolute Gasteiger partial charge is 0.251 e. The first-order valence-electron chi connectivity index (χ1n) is 14.2. The lowest BCUT2D eigenvalue weighted by Crippen LogP contribution is -2.57. The maximum Gasteiger partial charge on any atom is 0.251 e. The molecule has 2 aliphatic heterocycles. The molecule has 2 aromatic carbocycles. The van der Waals surface area contributed by atoms with Crippen molar-refractivity contribution >= 4 is 22.7 Å². The number of terminal acetylenes is 1. The molecule has 0 aliphatic carbocycles. The Morgan fingerprint density at radius 1 is 1.19 bits per heavy atom. The van der Waals surface area contributed by atoms with Gasteiger partial charge in [-0.2, -0.15) is 0 Å². The van der Waals surface area contributed by atoms with Crippen LogP contribution in [0.2, 0.25) is 0 Å². The molecule has 3 aromatic rings. The predicted molar refractivity (Wildman–Crippen MR) is 158 cm³/mol. The van der Waals surface area contributed by atoms with E-state index in [0.29, 0.717) is 57.0 Å². The summed E-state index contributed by atoms with van der Waals surface area (Å²) < 4.78 is 12.5. The highest BCUT2D eigenvalue weighted by Crippen LogP contribution is 2.35. The van der Waals surface area contributed by atoms with Crippen molar-refractivity contribution in [3.63, 3.8) is 0 Å². The summed E-state index contributed by atoms with van der Waals surface area (Å²) in [5.41, 5.74) is 2.74. The van der Waals surface area contributed by atoms with Gasteiger partial charge in [-0.15, -0.1) is 6.42 Å². The highest BCUT2D eigenvalue weighted by atomic mass is 16.5. The van der Waals surface area contributed by atoms with Crippen LogP contribution in [0.15, 0.2) is 60.8 Å². The topological polar surface area (TPSA) is 125 Å². The molecule has 0 radical (unpaired) electrons. The number of para-hydroxylation sites is 1. The van der Waals surface area contributed by atoms with Gasteiger partial charge < -0.3 is 20.1 Å². The number of carbonyl (C=O) groups excluding carboxylic acids is 2. The Kier molecular flexibility index (Phi) is 9.04. The molecule has 10 heteroatoms. The van der Waals surface area contributed by atoms with Crippen LogP contribution in [0.3, 0.4) is 0 Å². The number of nitrogens with zero attached hydrogens (tertiary/aromatic N) is 2. The molecule has 2 atom stereocenters. The molecular formula is C32H37N5O5. The molecule has 220 valence electrons. The fraction of sp³-hybridized carbons (Fsp3) is 0.406. The molecule has 2 unspecified atom stereocenters. The number of benzene rings is 2. The highest BCUT2D eigenvalue weighted by molar-refractivity contribution is 5.95. The van der Waals surface area contributed by atoms with E-state index in [2.05, 4.69) is 32.5 Å². The molecule has 2 amide bonds. The number of fused-ring (bicyclic) bond motifs is 1. The maximum absolute atomic E-state index is 13.2. The van der Waals surface area contributed by atoms with E-state index < -0.39 is 17.0 Å². The van der Waals surface area contributed by atoms with Crippen LogP contribution in [0.5, 0.6) is 5.75 Å². The number of piperidine rings is 1. The standard InChI is InChI=1S/C32H37N5O5/c1-3-17-37-18-13-32(14-19-37,21-28(38)36-40)35-30(39)23-8-10-24(11-9-23)41-22-31(2)29(34-16-20-42-31)26-12-15-33-27-7-5-4-6-25(26)27/h1,4-12,15,29,34,40H,13-14,16-22H2,2H3,(H,35,39)(H,36,38). The molecule has 5 rings (SSSR count). The van der Waals surface area contributed by atoms with Gasteiger partial charge in [0, 0.05) is 36.8 Å². The summed E-state index contributed by atoms with van der Waals surface area (Å²) in [7, 11) is 0. The second-order valence-corrected chi connectivity index (χ2v) is 11.2. The van der Waals surface area contributed by atoms with Crippen molar-refractivity contribution in [3.8, 4) is 18.1 Å². The first-order chi connectivity index (χ1) is 20.3. The van der Waals surface area contributed by atoms with Gasteiger partial charge in [-0.1, -0.05) is 24.1 Å². The second-order valence-electron chi connectivity index (χ2n) is 11.2. The largest absolute Gasteiger partial charge is 0.491 e. The number of pyridine rings is 1. The molecule has 1 aromatic heterocycles. The summed E-state index contributed by atoms with van der Waals surface area (Å²) in [5, 5.41) is 16.8. The van der Waals surface area contributed by atoms with Gasteiger partial charge in [-0.3, -0.25) is 24.7 Å². The molecule has 2 fully saturated rings. The van der Waals surface area contributed by atoms with Crippen LogP contribution in [-0.2, 0) is 9.53 Å². The van der Waals surface area contributed by atoms with Crippen molar-refractivity contribution < 1.29 is 24.3 Å². The Bertz CT molecular complexity index is 1440. The number of morpholine rings is 1. The van der Waals surface area contributed by atoms with Crippen molar-refractivity contribution in [2.24, 2.45) is 0 Å². The average Bonchev–Trinajstić information content (AvgIpc) is 3.01. The first-order valence-corrected chi connectivity index (χ1v) is 14.2. The van der Waals surface area contributed by atoms with E-state index in [-0.39, 0.29) is 18.4 Å². The number of hydroxylamine groups is 1. The number of hydrogen-bond donors (Lipinski definition) is 4. The minimum absolute atomic E-state index is 0.0269. The summed E-state index contributed by atoms with van der Waals surface area (Å²) in [4.78, 5) is 31.9. The van der Waals surface area contributed by atoms with E-state index in [1.165, 1.54) is 0 Å². The fourth-order valence-corrected chi connectivity index (χ4v) is 5.92. The SMILES string of the molecule is C#CCN1CCC(CC(=O)NO)(NC(=O)c2ccc(OCC3(C)OCCNC3c3ccnc4ccccc34)cc2)CC1. The van der Waals surface area contributed by atoms with Crippen LogP contribution in [0.1, 0.15) is 48.1 Å². The van der Waals surface area contributed by atoms with E-state index in [4.69, 9.17) is 21.1 Å². The predicted octanol–water partition coefficient (Wildman–Crippen LogP) is 2.83. The van der Waals surface area contributed by atoms with Gasteiger partial charge in [-0.05, 0) is 61.7 Å². The first kappa shape index (κ1) is 29.5. The molecule has 2 aliphatic rings. The Hall–Kier alpha value is -4.01. The van der Waals surface area contributed by atoms with Crippen molar-refractivity contribution in [1.29, 1.82) is 0 Å². The van der Waals surface area contributed by atoms with Gasteiger partial charge in [0.2, 0.25) is 5.91 Å². The molecular weight excluding hydrogens is 534 g/mol. The summed E-state index contributed by atoms with van der Waals surface area (Å²) in [6, 6.07) is 16.9. The van der Waals surface area contributed by atoms with Crippen LogP contribution in [0.25, 0.3) is 10.9 Å². The van der Waals surface area contributed by atoms with Crippen molar-refractivity contribution in [2.45, 2.75) is 43.4 Å². The van der Waals surface area contributed by atoms with Crippen LogP contribution in [0, 0.1) is 12.3 Å². The molecule has 2 saturated heterocycles. The maximum atomic E-state index is 13.2. The zero-order valence-corrected chi connectivity index (χ0v) is 23.8. The number of carbonyl (C=O) groups is 2. The normalized spacial score (nSPS) is 22.2. The zero-order chi connectivity index (χ0) is 29.6. The Labute approximate surface area is 245 Å². The molecule has 0 bridgehead atoms. The minimum Gasteiger partial charge on any atom is -0.491 e. The van der Waals surface area contributed by atoms with E-state index >= 15 is 0 Å². The third kappa shape index (κ3) is 6.55. The van der Waals surface area contributed by atoms with Gasteiger partial charge in [0.25, 0.3) is 5.91 Å². The fourth-order valence-electron chi connectivity index (χ4n) is 5.92. The monoisotopic (exact) mass is 571 g/mol.